The Bertz CT molecular complexity index is 1160. The highest BCUT2D eigenvalue weighted by Gasteiger charge is 2.45. The number of imide groups is 1. The maximum Gasteiger partial charge on any atom is 0.325 e. The molecule has 1 atom stereocenters. The van der Waals surface area contributed by atoms with Gasteiger partial charge in [0.15, 0.2) is 5.58 Å². The minimum Gasteiger partial charge on any atom is -0.422 e. The highest BCUT2D eigenvalue weighted by atomic mass is 16.4. The number of amides is 2. The largest absolute Gasteiger partial charge is 0.422 e. The zero-order valence-corrected chi connectivity index (χ0v) is 17.6. The van der Waals surface area contributed by atoms with Crippen molar-refractivity contribution >= 4 is 22.9 Å². The molecule has 1 N–H and O–H groups in total. The first-order chi connectivity index (χ1) is 15.1. The molecule has 1 aliphatic carbocycles. The Morgan fingerprint density at radius 3 is 2.65 bits per heavy atom. The van der Waals surface area contributed by atoms with Crippen molar-refractivity contribution in [1.29, 1.82) is 0 Å². The van der Waals surface area contributed by atoms with Crippen molar-refractivity contribution in [3.8, 4) is 6.01 Å². The summed E-state index contributed by atoms with van der Waals surface area (Å²) in [6.45, 7) is 2.01. The second-order valence-corrected chi connectivity index (χ2v) is 8.51. The molecule has 2 amide bonds. The molecule has 0 spiro atoms. The number of hydrogen-bond acceptors (Lipinski definition) is 5. The lowest BCUT2D eigenvalue weighted by molar-refractivity contribution is -0.142. The van der Waals surface area contributed by atoms with Gasteiger partial charge in [-0.1, -0.05) is 44.7 Å². The van der Waals surface area contributed by atoms with Crippen molar-refractivity contribution in [3.63, 3.8) is 0 Å². The summed E-state index contributed by atoms with van der Waals surface area (Å²) in [5.41, 5.74) is 1.90. The van der Waals surface area contributed by atoms with Crippen molar-refractivity contribution in [1.82, 2.24) is 19.7 Å². The lowest BCUT2D eigenvalue weighted by Gasteiger charge is -2.29. The molecule has 0 bridgehead atoms. The van der Waals surface area contributed by atoms with Crippen molar-refractivity contribution in [2.24, 2.45) is 0 Å². The second kappa shape index (κ2) is 7.83. The summed E-state index contributed by atoms with van der Waals surface area (Å²) in [6.07, 6.45) is 6.35. The van der Waals surface area contributed by atoms with Crippen LogP contribution in [0.2, 0.25) is 0 Å². The highest BCUT2D eigenvalue weighted by molar-refractivity contribution is 6.06. The quantitative estimate of drug-likeness (QED) is 0.635. The Morgan fingerprint density at radius 2 is 1.90 bits per heavy atom. The number of H-pyrrole nitrogens is 1. The molecule has 2 aliphatic rings. The van der Waals surface area contributed by atoms with Crippen molar-refractivity contribution in [3.05, 3.63) is 45.9 Å². The number of fused-ring (bicyclic) bond motifs is 1. The molecule has 5 rings (SSSR count). The van der Waals surface area contributed by atoms with Crippen LogP contribution in [0.25, 0.3) is 17.1 Å². The van der Waals surface area contributed by atoms with E-state index in [1.165, 1.54) is 9.58 Å². The molecular formula is C23H26N4O4. The third kappa shape index (κ3) is 3.30. The van der Waals surface area contributed by atoms with Gasteiger partial charge in [0.05, 0.1) is 11.5 Å². The van der Waals surface area contributed by atoms with Gasteiger partial charge in [0, 0.05) is 18.2 Å². The normalized spacial score (nSPS) is 20.3. The SMILES string of the molecule is CCCc1[nH]n(-c2nc3ccccc3o2)c(=O)c1[C@H]1CC(=O)N(C2CCCCC2)C1=O. The monoisotopic (exact) mass is 422 g/mol. The van der Waals surface area contributed by atoms with Gasteiger partial charge in [-0.25, -0.2) is 0 Å². The van der Waals surface area contributed by atoms with E-state index in [9.17, 15) is 14.4 Å². The smallest absolute Gasteiger partial charge is 0.325 e. The van der Waals surface area contributed by atoms with E-state index in [2.05, 4.69) is 10.1 Å². The van der Waals surface area contributed by atoms with Crippen LogP contribution in [0.4, 0.5) is 0 Å². The Hall–Kier alpha value is -3.16. The summed E-state index contributed by atoms with van der Waals surface area (Å²) in [5.74, 6) is -1.15. The van der Waals surface area contributed by atoms with Crippen LogP contribution < -0.4 is 5.56 Å². The van der Waals surface area contributed by atoms with E-state index in [0.717, 1.165) is 38.5 Å². The summed E-state index contributed by atoms with van der Waals surface area (Å²) in [5, 5.41) is 3.10. The lowest BCUT2D eigenvalue weighted by atomic mass is 9.93. The van der Waals surface area contributed by atoms with Gasteiger partial charge in [-0.2, -0.15) is 9.67 Å². The molecule has 1 aromatic carbocycles. The Morgan fingerprint density at radius 1 is 1.13 bits per heavy atom. The second-order valence-electron chi connectivity index (χ2n) is 8.51. The van der Waals surface area contributed by atoms with E-state index in [0.29, 0.717) is 28.8 Å². The van der Waals surface area contributed by atoms with Crippen LogP contribution in [0.15, 0.2) is 33.5 Å². The average molecular weight is 422 g/mol. The van der Waals surface area contributed by atoms with Crippen molar-refractivity contribution < 1.29 is 14.0 Å². The van der Waals surface area contributed by atoms with Gasteiger partial charge in [-0.15, -0.1) is 0 Å². The van der Waals surface area contributed by atoms with Crippen LogP contribution in [-0.2, 0) is 16.0 Å². The standard InChI is InChI=1S/C23H26N4O4/c1-2-8-17-20(15-13-19(28)26(21(15)29)14-9-4-3-5-10-14)22(30)27(25-17)23-24-16-11-6-7-12-18(16)31-23/h6-7,11-12,14-15,25H,2-5,8-10,13H2,1H3/t15-/m1/s1. The number of carbonyl (C=O) groups is 2. The summed E-state index contributed by atoms with van der Waals surface area (Å²) >= 11 is 0. The zero-order valence-electron chi connectivity index (χ0n) is 17.6. The van der Waals surface area contributed by atoms with Gasteiger partial charge >= 0.3 is 6.01 Å². The number of carbonyl (C=O) groups excluding carboxylic acids is 2. The molecule has 1 saturated carbocycles. The number of rotatable bonds is 5. The number of likely N-dealkylation sites (tertiary alicyclic amines) is 1. The van der Waals surface area contributed by atoms with Gasteiger partial charge in [-0.3, -0.25) is 24.4 Å². The summed E-state index contributed by atoms with van der Waals surface area (Å²) in [4.78, 5) is 45.4. The number of aromatic amines is 1. The van der Waals surface area contributed by atoms with Crippen LogP contribution in [0.3, 0.4) is 0 Å². The van der Waals surface area contributed by atoms with Gasteiger partial charge in [-0.05, 0) is 31.4 Å². The van der Waals surface area contributed by atoms with Crippen LogP contribution in [0, 0.1) is 0 Å². The van der Waals surface area contributed by atoms with Gasteiger partial charge in [0.1, 0.15) is 5.52 Å². The van der Waals surface area contributed by atoms with Crippen LogP contribution >= 0.6 is 0 Å². The van der Waals surface area contributed by atoms with E-state index < -0.39 is 5.92 Å². The number of para-hydroxylation sites is 2. The fourth-order valence-corrected chi connectivity index (χ4v) is 4.99. The minimum atomic E-state index is -0.745. The van der Waals surface area contributed by atoms with E-state index in [1.54, 1.807) is 6.07 Å². The fourth-order valence-electron chi connectivity index (χ4n) is 4.99. The molecule has 31 heavy (non-hydrogen) atoms. The van der Waals surface area contributed by atoms with Crippen LogP contribution in [0.5, 0.6) is 0 Å². The summed E-state index contributed by atoms with van der Waals surface area (Å²) in [7, 11) is 0. The zero-order chi connectivity index (χ0) is 21.5. The molecule has 3 heterocycles. The summed E-state index contributed by atoms with van der Waals surface area (Å²) in [6, 6.07) is 7.39. The lowest BCUT2D eigenvalue weighted by Crippen LogP contribution is -2.41. The number of nitrogens with zero attached hydrogens (tertiary/aromatic N) is 3. The average Bonchev–Trinajstić information content (AvgIpc) is 3.42. The Kier molecular flexibility index (Phi) is 5.00. The fraction of sp³-hybridized carbons (Fsp3) is 0.478. The first-order valence-electron chi connectivity index (χ1n) is 11.1. The van der Waals surface area contributed by atoms with Crippen molar-refractivity contribution in [2.75, 3.05) is 0 Å². The number of oxazole rings is 1. The molecule has 3 aromatic rings. The Labute approximate surface area is 179 Å². The predicted octanol–water partition coefficient (Wildman–Crippen LogP) is 3.43. The molecular weight excluding hydrogens is 396 g/mol. The van der Waals surface area contributed by atoms with Gasteiger partial charge in [0.2, 0.25) is 11.8 Å². The maximum absolute atomic E-state index is 13.4. The molecule has 1 saturated heterocycles. The first kappa shape index (κ1) is 19.8. The van der Waals surface area contributed by atoms with Gasteiger partial charge < -0.3 is 4.42 Å². The Balaban J connectivity index is 1.55. The number of aromatic nitrogens is 3. The van der Waals surface area contributed by atoms with Crippen LogP contribution in [0.1, 0.15) is 69.0 Å². The topological polar surface area (TPSA) is 101 Å². The molecule has 2 aromatic heterocycles. The van der Waals surface area contributed by atoms with Crippen LogP contribution in [-0.4, -0.2) is 37.5 Å². The van der Waals surface area contributed by atoms with E-state index in [1.807, 2.05) is 25.1 Å². The molecule has 162 valence electrons. The molecule has 0 radical (unpaired) electrons. The number of hydrogen-bond donors (Lipinski definition) is 1. The minimum absolute atomic E-state index is 0.0356. The van der Waals surface area contributed by atoms with E-state index >= 15 is 0 Å². The van der Waals surface area contributed by atoms with E-state index in [-0.39, 0.29) is 35.9 Å². The first-order valence-corrected chi connectivity index (χ1v) is 11.1. The predicted molar refractivity (Wildman–Crippen MR) is 114 cm³/mol. The maximum atomic E-state index is 13.4. The molecule has 2 fully saturated rings. The van der Waals surface area contributed by atoms with Gasteiger partial charge in [0.25, 0.3) is 5.56 Å². The highest BCUT2D eigenvalue weighted by Crippen LogP contribution is 2.35. The molecule has 8 heteroatoms. The molecule has 1 aliphatic heterocycles. The molecule has 8 nitrogen and oxygen atoms in total. The van der Waals surface area contributed by atoms with Crippen molar-refractivity contribution in [2.45, 2.75) is 70.3 Å². The third-order valence-corrected chi connectivity index (χ3v) is 6.45. The molecule has 0 unspecified atom stereocenters. The number of nitrogens with one attached hydrogen (secondary N) is 1. The van der Waals surface area contributed by atoms with E-state index in [4.69, 9.17) is 4.42 Å². The number of aryl methyl sites for hydroxylation is 1. The third-order valence-electron chi connectivity index (χ3n) is 6.45. The summed E-state index contributed by atoms with van der Waals surface area (Å²) < 4.78 is 7.03. The number of benzene rings is 1.